The molecule has 0 radical (unpaired) electrons. The topological polar surface area (TPSA) is 31.2 Å². The van der Waals surface area contributed by atoms with Gasteiger partial charge in [-0.05, 0) is 25.6 Å². The second-order valence-electron chi connectivity index (χ2n) is 5.54. The Kier molecular flexibility index (Phi) is 4.15. The Morgan fingerprint density at radius 2 is 1.81 bits per heavy atom. The summed E-state index contributed by atoms with van der Waals surface area (Å²) in [5.74, 6) is 1.07. The van der Waals surface area contributed by atoms with Gasteiger partial charge in [0.15, 0.2) is 0 Å². The lowest BCUT2D eigenvalue weighted by Crippen LogP contribution is -2.47. The highest BCUT2D eigenvalue weighted by atomic mass is 15.3. The van der Waals surface area contributed by atoms with Crippen molar-refractivity contribution in [3.8, 4) is 0 Å². The molecule has 2 aliphatic heterocycles. The third-order valence-corrected chi connectivity index (χ3v) is 3.94. The second kappa shape index (κ2) is 6.22. The first-order chi connectivity index (χ1) is 10.3. The molecule has 0 spiro atoms. The largest absolute Gasteiger partial charge is 0.353 e. The van der Waals surface area contributed by atoms with Crippen molar-refractivity contribution in [1.29, 1.82) is 0 Å². The number of benzene rings is 1. The van der Waals surface area contributed by atoms with Crippen LogP contribution in [0.3, 0.4) is 0 Å². The van der Waals surface area contributed by atoms with E-state index in [1.807, 2.05) is 30.5 Å². The van der Waals surface area contributed by atoms with Gasteiger partial charge in [0.2, 0.25) is 0 Å². The number of aliphatic imine (C=N–C) groups is 2. The van der Waals surface area contributed by atoms with Crippen molar-refractivity contribution in [1.82, 2.24) is 9.80 Å². The fraction of sp³-hybridized carbons (Fsp3) is 0.412. The summed E-state index contributed by atoms with van der Waals surface area (Å²) < 4.78 is 0. The van der Waals surface area contributed by atoms with Gasteiger partial charge in [0.25, 0.3) is 0 Å². The summed E-state index contributed by atoms with van der Waals surface area (Å²) in [6.45, 7) is 6.35. The summed E-state index contributed by atoms with van der Waals surface area (Å²) in [4.78, 5) is 14.3. The molecule has 110 valence electrons. The lowest BCUT2D eigenvalue weighted by molar-refractivity contribution is 0.216. The molecule has 0 aromatic heterocycles. The summed E-state index contributed by atoms with van der Waals surface area (Å²) in [6.07, 6.45) is 5.17. The molecule has 2 heterocycles. The highest BCUT2D eigenvalue weighted by molar-refractivity contribution is 6.17. The predicted octanol–water partition coefficient (Wildman–Crippen LogP) is 3.02. The van der Waals surface area contributed by atoms with E-state index in [0.717, 1.165) is 55.4 Å². The van der Waals surface area contributed by atoms with E-state index < -0.39 is 0 Å². The van der Waals surface area contributed by atoms with Crippen molar-refractivity contribution in [2.24, 2.45) is 9.98 Å². The molecule has 0 saturated carbocycles. The van der Waals surface area contributed by atoms with Crippen LogP contribution in [0.25, 0.3) is 0 Å². The van der Waals surface area contributed by atoms with E-state index in [2.05, 4.69) is 34.8 Å². The highest BCUT2D eigenvalue weighted by Crippen LogP contribution is 2.30. The van der Waals surface area contributed by atoms with E-state index in [0.29, 0.717) is 0 Å². The van der Waals surface area contributed by atoms with Crippen LogP contribution in [0.5, 0.6) is 0 Å². The smallest absolute Gasteiger partial charge is 0.137 e. The van der Waals surface area contributed by atoms with Gasteiger partial charge in [0.05, 0.1) is 11.4 Å². The van der Waals surface area contributed by atoms with Gasteiger partial charge >= 0.3 is 0 Å². The Morgan fingerprint density at radius 1 is 1.10 bits per heavy atom. The van der Waals surface area contributed by atoms with Gasteiger partial charge in [-0.2, -0.15) is 0 Å². The maximum absolute atomic E-state index is 4.92. The van der Waals surface area contributed by atoms with Crippen LogP contribution in [0.4, 0.5) is 11.4 Å². The molecule has 2 aliphatic rings. The summed E-state index contributed by atoms with van der Waals surface area (Å²) in [5, 5.41) is 0. The van der Waals surface area contributed by atoms with Gasteiger partial charge in [-0.25, -0.2) is 4.99 Å². The summed E-state index contributed by atoms with van der Waals surface area (Å²) in [6, 6.07) is 8.09. The Morgan fingerprint density at radius 3 is 2.52 bits per heavy atom. The standard InChI is InChI=1S/C17H22N4/c1-3-6-14-13-18-15-7-4-5-8-16(15)19-17(14)21-11-9-20(2)10-12-21/h4-8,13H,3,9-12H2,1-2H3. The SMILES string of the molecule is CCC=C1C=Nc2ccccc2N=C1N1CCN(C)CC1. The van der Waals surface area contributed by atoms with E-state index in [4.69, 9.17) is 4.99 Å². The van der Waals surface area contributed by atoms with E-state index in [-0.39, 0.29) is 0 Å². The van der Waals surface area contributed by atoms with Crippen molar-refractivity contribution in [3.05, 3.63) is 35.9 Å². The second-order valence-corrected chi connectivity index (χ2v) is 5.54. The quantitative estimate of drug-likeness (QED) is 0.793. The molecule has 0 unspecified atom stereocenters. The number of hydrogen-bond donors (Lipinski definition) is 0. The average molecular weight is 282 g/mol. The zero-order valence-corrected chi connectivity index (χ0v) is 12.8. The first-order valence-corrected chi connectivity index (χ1v) is 7.63. The summed E-state index contributed by atoms with van der Waals surface area (Å²) in [7, 11) is 2.17. The number of piperazine rings is 1. The number of amidine groups is 1. The van der Waals surface area contributed by atoms with Crippen molar-refractivity contribution < 1.29 is 0 Å². The molecule has 0 atom stereocenters. The van der Waals surface area contributed by atoms with Crippen LogP contribution >= 0.6 is 0 Å². The van der Waals surface area contributed by atoms with Crippen LogP contribution in [0.15, 0.2) is 45.9 Å². The van der Waals surface area contributed by atoms with Crippen LogP contribution < -0.4 is 0 Å². The lowest BCUT2D eigenvalue weighted by atomic mass is 10.1. The molecule has 1 fully saturated rings. The number of fused-ring (bicyclic) bond motifs is 1. The maximum atomic E-state index is 4.92. The van der Waals surface area contributed by atoms with Crippen molar-refractivity contribution >= 4 is 23.4 Å². The van der Waals surface area contributed by atoms with Crippen LogP contribution in [0.1, 0.15) is 13.3 Å². The van der Waals surface area contributed by atoms with E-state index in [9.17, 15) is 0 Å². The Hall–Kier alpha value is -1.94. The number of likely N-dealkylation sites (N-methyl/N-ethyl adjacent to an activating group) is 1. The monoisotopic (exact) mass is 282 g/mol. The third kappa shape index (κ3) is 3.05. The van der Waals surface area contributed by atoms with Crippen LogP contribution in [-0.4, -0.2) is 55.1 Å². The third-order valence-electron chi connectivity index (χ3n) is 3.94. The molecule has 4 nitrogen and oxygen atoms in total. The fourth-order valence-corrected chi connectivity index (χ4v) is 2.68. The minimum Gasteiger partial charge on any atom is -0.353 e. The zero-order chi connectivity index (χ0) is 14.7. The fourth-order valence-electron chi connectivity index (χ4n) is 2.68. The first kappa shape index (κ1) is 14.0. The normalized spacial score (nSPS) is 21.1. The van der Waals surface area contributed by atoms with Crippen molar-refractivity contribution in [2.75, 3.05) is 33.2 Å². The molecule has 0 amide bonds. The Bertz CT molecular complexity index is 593. The van der Waals surface area contributed by atoms with Gasteiger partial charge in [-0.1, -0.05) is 25.1 Å². The molecular weight excluding hydrogens is 260 g/mol. The van der Waals surface area contributed by atoms with Gasteiger partial charge in [-0.15, -0.1) is 0 Å². The van der Waals surface area contributed by atoms with Gasteiger partial charge in [-0.3, -0.25) is 4.99 Å². The van der Waals surface area contributed by atoms with Crippen LogP contribution in [0.2, 0.25) is 0 Å². The van der Waals surface area contributed by atoms with E-state index in [1.54, 1.807) is 0 Å². The van der Waals surface area contributed by atoms with Crippen molar-refractivity contribution in [3.63, 3.8) is 0 Å². The molecule has 3 rings (SSSR count). The average Bonchev–Trinajstić information content (AvgIpc) is 2.69. The summed E-state index contributed by atoms with van der Waals surface area (Å²) >= 11 is 0. The van der Waals surface area contributed by atoms with E-state index in [1.165, 1.54) is 0 Å². The molecule has 4 heteroatoms. The molecule has 1 aromatic rings. The Labute approximate surface area is 126 Å². The lowest BCUT2D eigenvalue weighted by Gasteiger charge is -2.34. The molecule has 1 saturated heterocycles. The number of para-hydroxylation sites is 2. The molecule has 0 N–H and O–H groups in total. The van der Waals surface area contributed by atoms with Crippen LogP contribution in [-0.2, 0) is 0 Å². The molecule has 21 heavy (non-hydrogen) atoms. The highest BCUT2D eigenvalue weighted by Gasteiger charge is 2.21. The molecule has 0 aliphatic carbocycles. The Balaban J connectivity index is 1.99. The number of rotatable bonds is 1. The molecular formula is C17H22N4. The van der Waals surface area contributed by atoms with Gasteiger partial charge in [0, 0.05) is 38.0 Å². The predicted molar refractivity (Wildman–Crippen MR) is 89.1 cm³/mol. The van der Waals surface area contributed by atoms with Gasteiger partial charge in [0.1, 0.15) is 5.84 Å². The van der Waals surface area contributed by atoms with Crippen molar-refractivity contribution in [2.45, 2.75) is 13.3 Å². The zero-order valence-electron chi connectivity index (χ0n) is 12.8. The minimum absolute atomic E-state index is 0.948. The maximum Gasteiger partial charge on any atom is 0.137 e. The number of allylic oxidation sites excluding steroid dienone is 1. The first-order valence-electron chi connectivity index (χ1n) is 7.63. The number of hydrogen-bond acceptors (Lipinski definition) is 4. The summed E-state index contributed by atoms with van der Waals surface area (Å²) in [5.41, 5.74) is 3.05. The van der Waals surface area contributed by atoms with Gasteiger partial charge < -0.3 is 9.80 Å². The number of nitrogens with zero attached hydrogens (tertiary/aromatic N) is 4. The van der Waals surface area contributed by atoms with E-state index >= 15 is 0 Å². The minimum atomic E-state index is 0.948. The molecule has 1 aromatic carbocycles. The molecule has 0 bridgehead atoms. The van der Waals surface area contributed by atoms with Crippen LogP contribution in [0, 0.1) is 0 Å².